The Morgan fingerprint density at radius 2 is 0.657 bits per heavy atom. The minimum atomic E-state index is -7.22. The summed E-state index contributed by atoms with van der Waals surface area (Å²) in [6, 6.07) is 23.2. The Kier molecular flexibility index (Phi) is 13.9. The molecule has 0 radical (unpaired) electrons. The summed E-state index contributed by atoms with van der Waals surface area (Å²) in [5, 5.41) is 0. The highest BCUT2D eigenvalue weighted by atomic mass is 32.1. The highest BCUT2D eigenvalue weighted by molar-refractivity contribution is 7.80. The minimum absolute atomic E-state index is 0.0923. The Balaban J connectivity index is 0.000000279. The molecule has 24 heteroatoms. The molecule has 0 aliphatic rings. The maximum atomic E-state index is 15.4. The number of carbonyl (C=O) groups is 1. The monoisotopic (exact) mass is 985 g/mol. The van der Waals surface area contributed by atoms with Gasteiger partial charge in [0.25, 0.3) is 0 Å². The summed E-state index contributed by atoms with van der Waals surface area (Å²) in [6.07, 6.45) is -5.29. The summed E-state index contributed by atoms with van der Waals surface area (Å²) in [6.45, 7) is 0.308. The normalized spacial score (nSPS) is 11.5. The zero-order chi connectivity index (χ0) is 49.7. The maximum Gasteiger partial charge on any atom is 0.227 e. The van der Waals surface area contributed by atoms with Gasteiger partial charge in [-0.2, -0.15) is 4.57 Å². The van der Waals surface area contributed by atoms with Gasteiger partial charge in [-0.1, -0.05) is 42.5 Å². The van der Waals surface area contributed by atoms with E-state index in [2.05, 4.69) is 12.6 Å². The van der Waals surface area contributed by atoms with E-state index in [0.717, 1.165) is 21.7 Å². The van der Waals surface area contributed by atoms with Gasteiger partial charge in [0.2, 0.25) is 18.0 Å². The molecule has 0 saturated heterocycles. The summed E-state index contributed by atoms with van der Waals surface area (Å²) in [5.74, 6) is -71.3. The van der Waals surface area contributed by atoms with Crippen molar-refractivity contribution >= 4 is 46.4 Å². The molecule has 0 aliphatic heterocycles. The lowest BCUT2D eigenvalue weighted by atomic mass is 9.12. The molecule has 1 heterocycles. The van der Waals surface area contributed by atoms with E-state index in [0.29, 0.717) is 6.54 Å². The molecule has 0 bridgehead atoms. The molecule has 0 aliphatic carbocycles. The van der Waals surface area contributed by atoms with Gasteiger partial charge < -0.3 is 0 Å². The van der Waals surface area contributed by atoms with Crippen LogP contribution < -0.4 is 26.4 Å². The molecule has 2 nitrogen and oxygen atoms in total. The van der Waals surface area contributed by atoms with Crippen LogP contribution in [0.4, 0.5) is 87.8 Å². The Labute approximate surface area is 366 Å². The van der Waals surface area contributed by atoms with Crippen molar-refractivity contribution in [2.75, 3.05) is 0 Å². The zero-order valence-electron chi connectivity index (χ0n) is 32.2. The first-order valence-electron chi connectivity index (χ1n) is 18.0. The number of hydrogen-bond donors (Lipinski definition) is 1. The van der Waals surface area contributed by atoms with Crippen molar-refractivity contribution < 1.29 is 97.2 Å². The van der Waals surface area contributed by atoms with Crippen LogP contribution in [-0.4, -0.2) is 11.9 Å². The Morgan fingerprint density at radius 3 is 0.985 bits per heavy atom. The molecule has 0 N–H and O–H groups in total. The molecule has 0 atom stereocenters. The fourth-order valence-electron chi connectivity index (χ4n) is 7.29. The van der Waals surface area contributed by atoms with Crippen LogP contribution in [0.15, 0.2) is 83.9 Å². The zero-order valence-corrected chi connectivity index (χ0v) is 33.0. The van der Waals surface area contributed by atoms with Gasteiger partial charge in [-0.3, -0.25) is 4.79 Å². The van der Waals surface area contributed by atoms with Crippen LogP contribution in [0, 0.1) is 116 Å². The molecule has 0 saturated carbocycles. The molecule has 1 aromatic heterocycles. The number of Topliss-reactive ketones (excluding diaryl/α,β-unsaturated/α-hetero) is 1. The van der Waals surface area contributed by atoms with Crippen LogP contribution in [-0.2, 0) is 6.54 Å². The van der Waals surface area contributed by atoms with Crippen molar-refractivity contribution in [3.05, 3.63) is 201 Å². The summed E-state index contributed by atoms with van der Waals surface area (Å²) >= 11 is 4.52. The molecule has 7 aromatic rings. The van der Waals surface area contributed by atoms with Gasteiger partial charge >= 0.3 is 0 Å². The lowest BCUT2D eigenvalue weighted by Crippen LogP contribution is -2.81. The molecule has 6 aromatic carbocycles. The predicted molar refractivity (Wildman–Crippen MR) is 199 cm³/mol. The SMILES string of the molecule is Fc1c(F)c(F)c([B-](c2c(F)c(F)c(F)c(F)c2F)(c2c(F)c(F)c(F)c(F)c2F)c2c(F)c(F)c(F)c(F)c2F)c(F)c1F.O=C(C[n+]1ccccc1-c1ccccc1S)c1ccccc1. The standard InChI is InChI=1S/C24BF20.C19H15NOS/c26-5-1(6(27)14(35)21(42)13(5)34)25(2-7(28)15(36)22(43)16(37)8(2)29,3-9(30)17(38)23(44)18(39)10(3)31)4-11(32)19(40)24(45)20(41)12(4)33;21-18(15-8-2-1-3-9-15)14-20-13-7-6-11-17(20)16-10-4-5-12-19(16)22/h;1-13H,14H2/q-1;/p+1. The first kappa shape index (κ1) is 49.6. The van der Waals surface area contributed by atoms with E-state index >= 15 is 35.1 Å². The first-order valence-corrected chi connectivity index (χ1v) is 18.5. The lowest BCUT2D eigenvalue weighted by Gasteiger charge is -2.44. The Bertz CT molecular complexity index is 2770. The number of benzene rings is 6. The lowest BCUT2D eigenvalue weighted by molar-refractivity contribution is -0.672. The Morgan fingerprint density at radius 1 is 0.373 bits per heavy atom. The summed E-state index contributed by atoms with van der Waals surface area (Å²) in [4.78, 5) is 13.3. The number of thiol groups is 1. The van der Waals surface area contributed by atoms with Crippen LogP contribution in [0.25, 0.3) is 11.3 Å². The van der Waals surface area contributed by atoms with Gasteiger partial charge in [-0.05, 0) is 18.2 Å². The van der Waals surface area contributed by atoms with E-state index < -0.39 is 144 Å². The number of nitrogens with zero attached hydrogens (tertiary/aromatic N) is 1. The molecular formula is C43H16BF20NOS. The number of halogens is 20. The topological polar surface area (TPSA) is 20.9 Å². The summed E-state index contributed by atoms with van der Waals surface area (Å²) in [7, 11) is 0. The van der Waals surface area contributed by atoms with E-state index in [9.17, 15) is 57.5 Å². The van der Waals surface area contributed by atoms with Crippen LogP contribution >= 0.6 is 12.6 Å². The van der Waals surface area contributed by atoms with Crippen LogP contribution in [0.2, 0.25) is 0 Å². The van der Waals surface area contributed by atoms with E-state index in [1.54, 1.807) is 0 Å². The second-order valence-corrected chi connectivity index (χ2v) is 14.3. The van der Waals surface area contributed by atoms with Crippen molar-refractivity contribution in [3.8, 4) is 11.3 Å². The third-order valence-corrected chi connectivity index (χ3v) is 10.6. The van der Waals surface area contributed by atoms with E-state index in [1.165, 1.54) is 0 Å². The van der Waals surface area contributed by atoms with Crippen molar-refractivity contribution in [2.45, 2.75) is 11.4 Å². The van der Waals surface area contributed by atoms with Crippen LogP contribution in [0.3, 0.4) is 0 Å². The second-order valence-electron chi connectivity index (χ2n) is 13.8. The van der Waals surface area contributed by atoms with Gasteiger partial charge in [0.05, 0.1) is 5.56 Å². The second kappa shape index (κ2) is 18.8. The average molecular weight is 985 g/mol. The van der Waals surface area contributed by atoms with Crippen LogP contribution in [0.5, 0.6) is 0 Å². The van der Waals surface area contributed by atoms with Gasteiger partial charge in [-0.25, -0.2) is 87.8 Å². The number of aromatic nitrogens is 1. The van der Waals surface area contributed by atoms with Gasteiger partial charge in [-0.15, -0.1) is 34.5 Å². The fourth-order valence-corrected chi connectivity index (χ4v) is 7.57. The molecule has 7 rings (SSSR count). The smallest absolute Gasteiger partial charge is 0.227 e. The molecule has 0 spiro atoms. The fraction of sp³-hybridized carbons (Fsp3) is 0.0233. The van der Waals surface area contributed by atoms with E-state index in [4.69, 9.17) is 0 Å². The van der Waals surface area contributed by atoms with Crippen LogP contribution in [0.1, 0.15) is 10.4 Å². The minimum Gasteiger partial charge on any atom is -0.287 e. The summed E-state index contributed by atoms with van der Waals surface area (Å²) < 4.78 is 296. The predicted octanol–water partition coefficient (Wildman–Crippen LogP) is 9.66. The molecule has 0 unspecified atom stereocenters. The third-order valence-electron chi connectivity index (χ3n) is 10.2. The van der Waals surface area contributed by atoms with Gasteiger partial charge in [0.1, 0.15) is 52.7 Å². The first-order chi connectivity index (χ1) is 31.5. The van der Waals surface area contributed by atoms with Gasteiger partial charge in [0.15, 0.2) is 76.0 Å². The van der Waals surface area contributed by atoms with E-state index in [1.807, 2.05) is 83.6 Å². The van der Waals surface area contributed by atoms with Crippen molar-refractivity contribution in [2.24, 2.45) is 0 Å². The number of hydrogen-bond acceptors (Lipinski definition) is 2. The number of pyridine rings is 1. The molecule has 0 fully saturated rings. The quantitative estimate of drug-likeness (QED) is 0.0306. The highest BCUT2D eigenvalue weighted by Gasteiger charge is 2.52. The number of rotatable bonds is 8. The van der Waals surface area contributed by atoms with Crippen molar-refractivity contribution in [1.29, 1.82) is 0 Å². The molecule has 348 valence electrons. The molecule has 67 heavy (non-hydrogen) atoms. The van der Waals surface area contributed by atoms with Gasteiger partial charge in [0, 0.05) is 22.6 Å². The Hall–Kier alpha value is -6.85. The molecular weight excluding hydrogens is 969 g/mol. The summed E-state index contributed by atoms with van der Waals surface area (Å²) in [5.41, 5.74) is -11.6. The number of carbonyl (C=O) groups excluding carboxylic acids is 1. The van der Waals surface area contributed by atoms with E-state index in [-0.39, 0.29) is 5.78 Å². The third kappa shape index (κ3) is 8.03. The highest BCUT2D eigenvalue weighted by Crippen LogP contribution is 2.31. The van der Waals surface area contributed by atoms with Crippen molar-refractivity contribution in [3.63, 3.8) is 0 Å². The molecule has 0 amide bonds. The maximum absolute atomic E-state index is 15.4. The average Bonchev–Trinajstić information content (AvgIpc) is 3.32. The van der Waals surface area contributed by atoms with Crippen molar-refractivity contribution in [1.82, 2.24) is 0 Å². The largest absolute Gasteiger partial charge is 0.287 e. The number of ketones is 1.